The molecule has 4 saturated carbocycles. The molecule has 32 nitrogen and oxygen atoms in total. The fourth-order valence-corrected chi connectivity index (χ4v) is 19.3. The molecule has 1 aromatic rings. The van der Waals surface area contributed by atoms with Crippen molar-refractivity contribution in [1.29, 1.82) is 0 Å². The Morgan fingerprint density at radius 3 is 1.77 bits per heavy atom. The summed E-state index contributed by atoms with van der Waals surface area (Å²) in [4.78, 5) is 43.6. The largest absolute Gasteiger partial charge is 0.493 e. The first-order valence-electron chi connectivity index (χ1n) is 35.2. The van der Waals surface area contributed by atoms with E-state index in [2.05, 4.69) is 26.8 Å². The Balaban J connectivity index is 0.850. The topological polar surface area (TPSA) is 495 Å². The molecule has 102 heavy (non-hydrogen) atoms. The second kappa shape index (κ2) is 30.1. The van der Waals surface area contributed by atoms with Crippen LogP contribution in [-0.2, 0) is 66.5 Å². The van der Waals surface area contributed by atoms with Gasteiger partial charge in [0.25, 0.3) is 0 Å². The van der Waals surface area contributed by atoms with Gasteiger partial charge >= 0.3 is 17.9 Å². The van der Waals surface area contributed by atoms with Gasteiger partial charge in [0.1, 0.15) is 97.7 Å². The average Bonchev–Trinajstić information content (AvgIpc) is 0.669. The summed E-state index contributed by atoms with van der Waals surface area (Å²) in [6.07, 6.45) is -37.1. The van der Waals surface area contributed by atoms with Crippen molar-refractivity contribution in [3.05, 3.63) is 41.5 Å². The Morgan fingerprint density at radius 2 is 1.16 bits per heavy atom. The van der Waals surface area contributed by atoms with Crippen molar-refractivity contribution in [2.45, 2.75) is 266 Å². The standard InChI is InChI=1S/C70H104O32/c1-29-54(99-58-49(82)45(78)39(27-92-58)97-60-50(83)46(79)43(76)37(25-71)95-60)48(81)52(85)59(93-29)100-56-53(86)55(98-42(75)15-11-31-10-13-35(90-8)36(22-31)91-9)30(2)94-62(56)102-64(89)69-19-18-65(3,4)23-33(69)32-12-14-40-66(5)24-34(74)57(101-61-51(84)47(80)44(77)38(26-72)96-61)68(7,63(87)88)41(66)16-17-67(40,6)70(32,28-73)21-20-69/h10-13,15,22,29-30,33-34,37-41,43-62,71-74,76-86H,14,16-21,23-28H2,1-9H3,(H,87,88)/b15-11+/t29-,30+,33-,34?,37+,38+,39+,40+,41+,43-,44+,45-,46-,47-,48-,49+,50+,51+,52+,53-,54-,55-,56+,57-,58-,59-,60-,61-,62-,66+,67+,68-,69-,70-/m0/s1. The average molecular weight is 1460 g/mol. The van der Waals surface area contributed by atoms with Gasteiger partial charge in [-0.3, -0.25) is 9.59 Å². The molecule has 0 bridgehead atoms. The third kappa shape index (κ3) is 13.6. The van der Waals surface area contributed by atoms with Gasteiger partial charge in [-0.15, -0.1) is 0 Å². The van der Waals surface area contributed by atoms with Gasteiger partial charge in [-0.25, -0.2) is 4.79 Å². The quantitative estimate of drug-likeness (QED) is 0.0302. The number of aliphatic hydroxyl groups is 15. The van der Waals surface area contributed by atoms with Crippen LogP contribution in [0.3, 0.4) is 0 Å². The summed E-state index contributed by atoms with van der Waals surface area (Å²) in [5.41, 5.74) is -5.03. The van der Waals surface area contributed by atoms with Crippen molar-refractivity contribution in [1.82, 2.24) is 0 Å². The number of esters is 2. The lowest BCUT2D eigenvalue weighted by Gasteiger charge is -2.71. The van der Waals surface area contributed by atoms with E-state index in [4.69, 9.17) is 61.6 Å². The van der Waals surface area contributed by atoms with E-state index in [1.54, 1.807) is 18.2 Å². The van der Waals surface area contributed by atoms with Crippen LogP contribution in [0.15, 0.2) is 35.9 Å². The molecule has 0 aromatic heterocycles. The second-order valence-corrected chi connectivity index (χ2v) is 31.3. The molecule has 34 atom stereocenters. The van der Waals surface area contributed by atoms with Crippen LogP contribution in [0.1, 0.15) is 112 Å². The number of carbonyl (C=O) groups is 3. The number of rotatable bonds is 19. The highest BCUT2D eigenvalue weighted by molar-refractivity contribution is 5.87. The maximum absolute atomic E-state index is 15.9. The van der Waals surface area contributed by atoms with E-state index >= 15 is 4.79 Å². The van der Waals surface area contributed by atoms with Crippen molar-refractivity contribution in [2.24, 2.45) is 50.2 Å². The number of allylic oxidation sites excluding steroid dienone is 1. The Labute approximate surface area is 589 Å². The molecule has 5 saturated heterocycles. The van der Waals surface area contributed by atoms with E-state index in [1.807, 2.05) is 6.92 Å². The number of aliphatic carboxylic acids is 1. The summed E-state index contributed by atoms with van der Waals surface area (Å²) >= 11 is 0. The number of hydrogen-bond donors (Lipinski definition) is 16. The smallest absolute Gasteiger partial charge is 0.331 e. The van der Waals surface area contributed by atoms with Crippen LogP contribution in [0.5, 0.6) is 11.5 Å². The zero-order valence-corrected chi connectivity index (χ0v) is 58.6. The van der Waals surface area contributed by atoms with E-state index in [-0.39, 0.29) is 50.0 Å². The fourth-order valence-electron chi connectivity index (χ4n) is 19.3. The molecular formula is C70H104O32. The maximum Gasteiger partial charge on any atom is 0.331 e. The molecule has 0 spiro atoms. The van der Waals surface area contributed by atoms with Gasteiger partial charge in [0.2, 0.25) is 6.29 Å². The number of carboxylic acids is 1. The minimum Gasteiger partial charge on any atom is -0.493 e. The fraction of sp³-hybridized carbons (Fsp3) is 0.814. The summed E-state index contributed by atoms with van der Waals surface area (Å²) < 4.78 is 76.7. The molecule has 0 radical (unpaired) electrons. The van der Waals surface area contributed by atoms with Crippen LogP contribution in [0, 0.1) is 50.2 Å². The minimum absolute atomic E-state index is 0.00308. The number of benzene rings is 1. The zero-order valence-electron chi connectivity index (χ0n) is 58.6. The molecule has 0 amide bonds. The van der Waals surface area contributed by atoms with E-state index < -0.39 is 236 Å². The number of aliphatic hydroxyl groups excluding tert-OH is 15. The highest BCUT2D eigenvalue weighted by Crippen LogP contribution is 2.76. The number of hydrogen-bond acceptors (Lipinski definition) is 31. The van der Waals surface area contributed by atoms with Gasteiger partial charge in [0, 0.05) is 11.5 Å². The summed E-state index contributed by atoms with van der Waals surface area (Å²) in [5.74, 6) is -3.91. The summed E-state index contributed by atoms with van der Waals surface area (Å²) in [6.45, 7) is 10.1. The third-order valence-corrected chi connectivity index (χ3v) is 25.2. The van der Waals surface area contributed by atoms with Crippen molar-refractivity contribution in [2.75, 3.05) is 40.6 Å². The highest BCUT2D eigenvalue weighted by atomic mass is 16.8. The molecule has 11 rings (SSSR count). The first kappa shape index (κ1) is 78.8. The second-order valence-electron chi connectivity index (χ2n) is 31.3. The number of ether oxygens (including phenoxy) is 13. The Hall–Kier alpha value is -4.25. The Kier molecular flexibility index (Phi) is 23.2. The van der Waals surface area contributed by atoms with Gasteiger partial charge in [-0.2, -0.15) is 0 Å². The van der Waals surface area contributed by atoms with Gasteiger partial charge in [0.05, 0.1) is 69.8 Å². The number of methoxy groups -OCH3 is 2. The molecule has 9 fully saturated rings. The highest BCUT2D eigenvalue weighted by Gasteiger charge is 2.74. The van der Waals surface area contributed by atoms with Crippen LogP contribution < -0.4 is 9.47 Å². The summed E-state index contributed by atoms with van der Waals surface area (Å²) in [6, 6.07) is 4.88. The molecule has 576 valence electrons. The van der Waals surface area contributed by atoms with Crippen molar-refractivity contribution >= 4 is 24.0 Å². The van der Waals surface area contributed by atoms with Crippen LogP contribution in [0.4, 0.5) is 0 Å². The van der Waals surface area contributed by atoms with E-state index in [0.29, 0.717) is 42.7 Å². The van der Waals surface area contributed by atoms with Crippen molar-refractivity contribution < 1.29 is 158 Å². The normalized spacial score (nSPS) is 48.6. The monoisotopic (exact) mass is 1460 g/mol. The van der Waals surface area contributed by atoms with Gasteiger partial charge in [0.15, 0.2) is 48.9 Å². The molecule has 5 aliphatic carbocycles. The molecule has 32 heteroatoms. The van der Waals surface area contributed by atoms with Crippen LogP contribution >= 0.6 is 0 Å². The van der Waals surface area contributed by atoms with E-state index in [1.165, 1.54) is 41.1 Å². The molecule has 1 aromatic carbocycles. The molecule has 5 aliphatic heterocycles. The lowest BCUT2D eigenvalue weighted by Crippen LogP contribution is -2.71. The molecular weight excluding hydrogens is 1350 g/mol. The van der Waals surface area contributed by atoms with Gasteiger partial charge < -0.3 is 143 Å². The number of fused-ring (bicyclic) bond motifs is 7. The Morgan fingerprint density at radius 1 is 0.578 bits per heavy atom. The molecule has 10 aliphatic rings. The SMILES string of the molecule is COc1ccc(/C=C/C(=O)O[C@@H]2[C@H](O)[C@@H](O[C@@H]3O[C@@H](C)[C@H](O[C@@H]4OC[C@@H](O[C@@H]5O[C@H](CO)[C@H](O)[C@H](O)[C@H]5O)[C@H](O)[C@H]4O)[C@@H](O)[C@H]3O)[C@H](OC(=O)[C@]34CCC(C)(C)C[C@H]3C3=CC[C@@H]5[C@@]6(C)CC(O)[C@H](O[C@@H]7O[C@H](CO)[C@@H](O)[C@H](O)[C@H]7O)[C@@](C)(C(=O)O)[C@@H]6CC[C@@]5(C)[C@]3(CO)CC4)O[C@@H]2C)cc1OC. The predicted molar refractivity (Wildman–Crippen MR) is 344 cm³/mol. The van der Waals surface area contributed by atoms with Crippen molar-refractivity contribution in [3.8, 4) is 11.5 Å². The lowest BCUT2D eigenvalue weighted by atomic mass is 9.33. The van der Waals surface area contributed by atoms with Crippen LogP contribution in [0.2, 0.25) is 0 Å². The van der Waals surface area contributed by atoms with Crippen molar-refractivity contribution in [3.63, 3.8) is 0 Å². The maximum atomic E-state index is 15.9. The number of carbonyl (C=O) groups excluding carboxylic acids is 2. The summed E-state index contributed by atoms with van der Waals surface area (Å²) in [7, 11) is 2.90. The van der Waals surface area contributed by atoms with Gasteiger partial charge in [-0.1, -0.05) is 45.4 Å². The van der Waals surface area contributed by atoms with Gasteiger partial charge in [-0.05, 0) is 136 Å². The number of carboxylic acid groups (broad SMARTS) is 1. The zero-order chi connectivity index (χ0) is 74.4. The molecule has 5 heterocycles. The first-order chi connectivity index (χ1) is 48.0. The van der Waals surface area contributed by atoms with Crippen LogP contribution in [-0.4, -0.2) is 300 Å². The first-order valence-corrected chi connectivity index (χ1v) is 35.2. The molecule has 16 N–H and O–H groups in total. The predicted octanol–water partition coefficient (Wildman–Crippen LogP) is -2.23. The summed E-state index contributed by atoms with van der Waals surface area (Å²) in [5, 5.41) is 178. The van der Waals surface area contributed by atoms with Crippen LogP contribution in [0.25, 0.3) is 6.08 Å². The minimum atomic E-state index is -2.08. The van der Waals surface area contributed by atoms with E-state index in [9.17, 15) is 91.3 Å². The third-order valence-electron chi connectivity index (χ3n) is 25.2. The molecule has 1 unspecified atom stereocenters. The Bertz CT molecular complexity index is 3190. The lowest BCUT2D eigenvalue weighted by molar-refractivity contribution is -0.378. The van der Waals surface area contributed by atoms with E-state index in [0.717, 1.165) is 11.6 Å².